The fourth-order valence-corrected chi connectivity index (χ4v) is 3.41. The van der Waals surface area contributed by atoms with Crippen LogP contribution < -0.4 is 4.90 Å². The maximum Gasteiger partial charge on any atom is 0.161 e. The molecule has 110 valence electrons. The summed E-state index contributed by atoms with van der Waals surface area (Å²) in [5.74, 6) is 0.911. The lowest BCUT2D eigenvalue weighted by Gasteiger charge is -2.40. The Morgan fingerprint density at radius 3 is 2.35 bits per heavy atom. The van der Waals surface area contributed by atoms with Gasteiger partial charge in [0.05, 0.1) is 0 Å². The van der Waals surface area contributed by atoms with Gasteiger partial charge in [-0.1, -0.05) is 36.7 Å². The molecule has 1 aliphatic rings. The van der Waals surface area contributed by atoms with Crippen LogP contribution in [0.15, 0.2) is 22.7 Å². The highest BCUT2D eigenvalue weighted by molar-refractivity contribution is 9.10. The molecule has 0 bridgehead atoms. The van der Waals surface area contributed by atoms with Gasteiger partial charge < -0.3 is 4.90 Å². The van der Waals surface area contributed by atoms with Crippen molar-refractivity contribution in [3.63, 3.8) is 0 Å². The zero-order chi connectivity index (χ0) is 14.9. The van der Waals surface area contributed by atoms with E-state index in [1.54, 1.807) is 6.92 Å². The quantitative estimate of drug-likeness (QED) is 0.714. The Morgan fingerprint density at radius 1 is 1.25 bits per heavy atom. The molecule has 0 unspecified atom stereocenters. The van der Waals surface area contributed by atoms with Crippen LogP contribution in [-0.2, 0) is 0 Å². The first-order valence-electron chi connectivity index (χ1n) is 7.34. The summed E-state index contributed by atoms with van der Waals surface area (Å²) in [5, 5.41) is 0. The van der Waals surface area contributed by atoms with E-state index in [0.29, 0.717) is 5.41 Å². The van der Waals surface area contributed by atoms with Gasteiger partial charge in [-0.25, -0.2) is 0 Å². The minimum Gasteiger partial charge on any atom is -0.371 e. The highest BCUT2D eigenvalue weighted by Crippen LogP contribution is 2.36. The molecular weight excluding hydrogens is 314 g/mol. The Hall–Kier alpha value is -0.830. The fraction of sp³-hybridized carbons (Fsp3) is 0.588. The number of Topliss-reactive ketones (excluding diaryl/α,β-unsaturated/α-hetero) is 1. The van der Waals surface area contributed by atoms with Gasteiger partial charge in [-0.2, -0.15) is 0 Å². The van der Waals surface area contributed by atoms with Crippen molar-refractivity contribution < 1.29 is 4.79 Å². The van der Waals surface area contributed by atoms with E-state index in [1.165, 1.54) is 12.8 Å². The Kier molecular flexibility index (Phi) is 4.58. The molecule has 1 heterocycles. The minimum atomic E-state index is 0.138. The van der Waals surface area contributed by atoms with Gasteiger partial charge in [-0.3, -0.25) is 4.79 Å². The van der Waals surface area contributed by atoms with Gasteiger partial charge in [-0.15, -0.1) is 0 Å². The molecule has 2 rings (SSSR count). The average Bonchev–Trinajstić information content (AvgIpc) is 2.37. The number of piperidine rings is 1. The lowest BCUT2D eigenvalue weighted by Crippen LogP contribution is -2.38. The summed E-state index contributed by atoms with van der Waals surface area (Å²) < 4.78 is 0.969. The Morgan fingerprint density at radius 2 is 1.85 bits per heavy atom. The zero-order valence-electron chi connectivity index (χ0n) is 12.9. The van der Waals surface area contributed by atoms with Crippen LogP contribution >= 0.6 is 15.9 Å². The van der Waals surface area contributed by atoms with Gasteiger partial charge >= 0.3 is 0 Å². The summed E-state index contributed by atoms with van der Waals surface area (Å²) in [6.45, 7) is 10.7. The molecule has 1 aromatic carbocycles. The molecule has 0 spiro atoms. The smallest absolute Gasteiger partial charge is 0.161 e. The molecule has 1 aliphatic heterocycles. The first-order valence-corrected chi connectivity index (χ1v) is 8.14. The van der Waals surface area contributed by atoms with Crippen molar-refractivity contribution in [3.8, 4) is 0 Å². The first-order chi connectivity index (χ1) is 9.29. The van der Waals surface area contributed by atoms with Crippen LogP contribution in [0.4, 0.5) is 5.69 Å². The Balaban J connectivity index is 2.17. The van der Waals surface area contributed by atoms with Gasteiger partial charge in [0, 0.05) is 28.8 Å². The number of anilines is 1. The number of carbonyl (C=O) groups is 1. The van der Waals surface area contributed by atoms with Crippen LogP contribution in [0.2, 0.25) is 0 Å². The molecule has 0 aliphatic carbocycles. The number of benzene rings is 1. The second-order valence-electron chi connectivity index (χ2n) is 6.85. The summed E-state index contributed by atoms with van der Waals surface area (Å²) in [6.07, 6.45) is 2.41. The SMILES string of the molecule is CC(=O)c1cc(Br)ccc1N1CCC(C(C)(C)C)CC1. The minimum absolute atomic E-state index is 0.138. The van der Waals surface area contributed by atoms with Crippen LogP contribution in [0.5, 0.6) is 0 Å². The molecular formula is C17H24BrNO. The third-order valence-corrected chi connectivity index (χ3v) is 4.89. The van der Waals surface area contributed by atoms with Crippen LogP contribution in [0.25, 0.3) is 0 Å². The Bertz CT molecular complexity index is 496. The van der Waals surface area contributed by atoms with E-state index >= 15 is 0 Å². The number of ketones is 1. The van der Waals surface area contributed by atoms with E-state index in [1.807, 2.05) is 12.1 Å². The maximum atomic E-state index is 11.8. The second-order valence-corrected chi connectivity index (χ2v) is 7.76. The van der Waals surface area contributed by atoms with Gasteiger partial charge in [0.25, 0.3) is 0 Å². The van der Waals surface area contributed by atoms with E-state index < -0.39 is 0 Å². The predicted molar refractivity (Wildman–Crippen MR) is 88.5 cm³/mol. The van der Waals surface area contributed by atoms with Gasteiger partial charge in [-0.05, 0) is 49.3 Å². The molecule has 0 amide bonds. The number of hydrogen-bond acceptors (Lipinski definition) is 2. The van der Waals surface area contributed by atoms with Crippen LogP contribution in [0.3, 0.4) is 0 Å². The van der Waals surface area contributed by atoms with Gasteiger partial charge in [0.15, 0.2) is 5.78 Å². The van der Waals surface area contributed by atoms with Crippen molar-refractivity contribution in [1.82, 2.24) is 0 Å². The summed E-state index contributed by atoms with van der Waals surface area (Å²) in [5.41, 5.74) is 2.30. The maximum absolute atomic E-state index is 11.8. The van der Waals surface area contributed by atoms with Gasteiger partial charge in [0.2, 0.25) is 0 Å². The Labute approximate surface area is 130 Å². The number of hydrogen-bond donors (Lipinski definition) is 0. The lowest BCUT2D eigenvalue weighted by molar-refractivity contribution is 0.101. The number of halogens is 1. The molecule has 0 aromatic heterocycles. The van der Waals surface area contributed by atoms with E-state index in [9.17, 15) is 4.79 Å². The summed E-state index contributed by atoms with van der Waals surface area (Å²) >= 11 is 3.45. The highest BCUT2D eigenvalue weighted by Gasteiger charge is 2.29. The summed E-state index contributed by atoms with van der Waals surface area (Å²) in [6, 6.07) is 6.03. The standard InChI is InChI=1S/C17H24BrNO/c1-12(20)15-11-14(18)5-6-16(15)19-9-7-13(8-10-19)17(2,3)4/h5-6,11,13H,7-10H2,1-4H3. The molecule has 1 aromatic rings. The molecule has 1 saturated heterocycles. The number of carbonyl (C=O) groups excluding carboxylic acids is 1. The van der Waals surface area contributed by atoms with Crippen LogP contribution in [-0.4, -0.2) is 18.9 Å². The molecule has 1 fully saturated rings. The normalized spacial score (nSPS) is 17.4. The molecule has 3 heteroatoms. The zero-order valence-corrected chi connectivity index (χ0v) is 14.5. The largest absolute Gasteiger partial charge is 0.371 e. The second kappa shape index (κ2) is 5.88. The van der Waals surface area contributed by atoms with Crippen LogP contribution in [0, 0.1) is 11.3 Å². The van der Waals surface area contributed by atoms with Gasteiger partial charge in [0.1, 0.15) is 0 Å². The third-order valence-electron chi connectivity index (χ3n) is 4.40. The van der Waals surface area contributed by atoms with Crippen molar-refractivity contribution in [2.75, 3.05) is 18.0 Å². The van der Waals surface area contributed by atoms with E-state index in [4.69, 9.17) is 0 Å². The monoisotopic (exact) mass is 337 g/mol. The lowest BCUT2D eigenvalue weighted by atomic mass is 9.75. The molecule has 0 radical (unpaired) electrons. The highest BCUT2D eigenvalue weighted by atomic mass is 79.9. The topological polar surface area (TPSA) is 20.3 Å². The van der Waals surface area contributed by atoms with E-state index in [-0.39, 0.29) is 5.78 Å². The third kappa shape index (κ3) is 3.43. The van der Waals surface area contributed by atoms with Crippen molar-refractivity contribution in [3.05, 3.63) is 28.2 Å². The van der Waals surface area contributed by atoms with E-state index in [0.717, 1.165) is 34.7 Å². The molecule has 0 saturated carbocycles. The predicted octanol–water partition coefficient (Wildman–Crippen LogP) is 4.91. The van der Waals surface area contributed by atoms with Crippen molar-refractivity contribution in [1.29, 1.82) is 0 Å². The number of nitrogens with zero attached hydrogens (tertiary/aromatic N) is 1. The first kappa shape index (κ1) is 15.6. The molecule has 2 nitrogen and oxygen atoms in total. The van der Waals surface area contributed by atoms with Crippen molar-refractivity contribution in [2.45, 2.75) is 40.5 Å². The summed E-state index contributed by atoms with van der Waals surface area (Å²) in [4.78, 5) is 14.2. The molecule has 0 N–H and O–H groups in total. The van der Waals surface area contributed by atoms with Crippen LogP contribution in [0.1, 0.15) is 50.9 Å². The average molecular weight is 338 g/mol. The molecule has 20 heavy (non-hydrogen) atoms. The number of rotatable bonds is 2. The fourth-order valence-electron chi connectivity index (χ4n) is 3.05. The van der Waals surface area contributed by atoms with Crippen molar-refractivity contribution in [2.24, 2.45) is 11.3 Å². The summed E-state index contributed by atoms with van der Waals surface area (Å²) in [7, 11) is 0. The van der Waals surface area contributed by atoms with Crippen molar-refractivity contribution >= 4 is 27.4 Å². The van der Waals surface area contributed by atoms with E-state index in [2.05, 4.69) is 47.7 Å². The molecule has 0 atom stereocenters.